The minimum absolute atomic E-state index is 0.269. The number of nitrogens with zero attached hydrogens (tertiary/aromatic N) is 4. The van der Waals surface area contributed by atoms with Crippen molar-refractivity contribution in [3.63, 3.8) is 0 Å². The summed E-state index contributed by atoms with van der Waals surface area (Å²) in [5.74, 6) is 1.94. The van der Waals surface area contributed by atoms with E-state index < -0.39 is 0 Å². The van der Waals surface area contributed by atoms with Crippen molar-refractivity contribution >= 4 is 18.0 Å². The third-order valence-corrected chi connectivity index (χ3v) is 3.37. The summed E-state index contributed by atoms with van der Waals surface area (Å²) in [5.41, 5.74) is 0.972. The van der Waals surface area contributed by atoms with Crippen molar-refractivity contribution in [1.29, 1.82) is 0 Å². The van der Waals surface area contributed by atoms with Gasteiger partial charge in [-0.2, -0.15) is 9.78 Å². The third kappa shape index (κ3) is 3.19. The average molecular weight is 290 g/mol. The van der Waals surface area contributed by atoms with Gasteiger partial charge in [-0.1, -0.05) is 37.7 Å². The molecule has 0 saturated heterocycles. The van der Waals surface area contributed by atoms with Gasteiger partial charge in [-0.25, -0.2) is 0 Å². The SMILES string of the molecule is COc1cccc(/C=N\n2c(SC)nnc2C(C)C)c1. The van der Waals surface area contributed by atoms with Crippen LogP contribution >= 0.6 is 11.8 Å². The number of benzene rings is 1. The van der Waals surface area contributed by atoms with E-state index in [1.54, 1.807) is 18.0 Å². The molecule has 0 saturated carbocycles. The molecule has 0 aliphatic rings. The number of hydrogen-bond donors (Lipinski definition) is 0. The summed E-state index contributed by atoms with van der Waals surface area (Å²) >= 11 is 1.53. The Morgan fingerprint density at radius 3 is 2.80 bits per heavy atom. The number of thioether (sulfide) groups is 1. The molecule has 1 heterocycles. The van der Waals surface area contributed by atoms with Crippen LogP contribution < -0.4 is 4.74 Å². The molecule has 0 unspecified atom stereocenters. The summed E-state index contributed by atoms with van der Waals surface area (Å²) in [4.78, 5) is 0. The fourth-order valence-electron chi connectivity index (χ4n) is 1.72. The molecule has 0 radical (unpaired) electrons. The number of hydrogen-bond acceptors (Lipinski definition) is 5. The van der Waals surface area contributed by atoms with E-state index in [-0.39, 0.29) is 5.92 Å². The largest absolute Gasteiger partial charge is 0.497 e. The lowest BCUT2D eigenvalue weighted by molar-refractivity contribution is 0.414. The van der Waals surface area contributed by atoms with Crippen molar-refractivity contribution in [2.75, 3.05) is 13.4 Å². The fraction of sp³-hybridized carbons (Fsp3) is 0.357. The van der Waals surface area contributed by atoms with Gasteiger partial charge >= 0.3 is 0 Å². The molecule has 106 valence electrons. The van der Waals surface area contributed by atoms with Crippen molar-refractivity contribution in [2.45, 2.75) is 24.9 Å². The highest BCUT2D eigenvalue weighted by Crippen LogP contribution is 2.19. The topological polar surface area (TPSA) is 52.3 Å². The third-order valence-electron chi connectivity index (χ3n) is 2.75. The molecular weight excluding hydrogens is 272 g/mol. The Labute approximate surface area is 123 Å². The molecule has 2 rings (SSSR count). The Morgan fingerprint density at radius 1 is 1.35 bits per heavy atom. The predicted octanol–water partition coefficient (Wildman–Crippen LogP) is 3.01. The van der Waals surface area contributed by atoms with Crippen LogP contribution in [0.25, 0.3) is 0 Å². The van der Waals surface area contributed by atoms with Crippen LogP contribution in [0.1, 0.15) is 31.2 Å². The van der Waals surface area contributed by atoms with Crippen molar-refractivity contribution in [3.05, 3.63) is 35.7 Å². The lowest BCUT2D eigenvalue weighted by atomic mass is 10.2. The zero-order chi connectivity index (χ0) is 14.5. The smallest absolute Gasteiger partial charge is 0.211 e. The molecule has 0 aliphatic carbocycles. The molecule has 0 spiro atoms. The van der Waals surface area contributed by atoms with Crippen LogP contribution in [0.15, 0.2) is 34.5 Å². The maximum atomic E-state index is 5.20. The van der Waals surface area contributed by atoms with Gasteiger partial charge in [0.25, 0.3) is 0 Å². The lowest BCUT2D eigenvalue weighted by Crippen LogP contribution is -2.02. The second kappa shape index (κ2) is 6.56. The first-order valence-electron chi connectivity index (χ1n) is 6.33. The summed E-state index contributed by atoms with van der Waals surface area (Å²) in [7, 11) is 1.65. The molecule has 5 nitrogen and oxygen atoms in total. The van der Waals surface area contributed by atoms with E-state index in [1.165, 1.54) is 11.8 Å². The maximum Gasteiger partial charge on any atom is 0.211 e. The molecule has 1 aromatic heterocycles. The maximum absolute atomic E-state index is 5.20. The first kappa shape index (κ1) is 14.6. The van der Waals surface area contributed by atoms with E-state index in [1.807, 2.05) is 30.5 Å². The van der Waals surface area contributed by atoms with Crippen LogP contribution in [0.2, 0.25) is 0 Å². The van der Waals surface area contributed by atoms with Gasteiger partial charge in [0.05, 0.1) is 13.3 Å². The van der Waals surface area contributed by atoms with Crippen LogP contribution in [0.5, 0.6) is 5.75 Å². The summed E-state index contributed by atoms with van der Waals surface area (Å²) in [6.07, 6.45) is 3.75. The van der Waals surface area contributed by atoms with Crippen LogP contribution in [-0.2, 0) is 0 Å². The first-order chi connectivity index (χ1) is 9.65. The van der Waals surface area contributed by atoms with Crippen molar-refractivity contribution in [3.8, 4) is 5.75 Å². The van der Waals surface area contributed by atoms with Gasteiger partial charge in [-0.15, -0.1) is 10.2 Å². The fourth-order valence-corrected chi connectivity index (χ4v) is 2.15. The molecule has 1 aromatic carbocycles. The molecular formula is C14H18N4OS. The highest BCUT2D eigenvalue weighted by Gasteiger charge is 2.13. The predicted molar refractivity (Wildman–Crippen MR) is 81.9 cm³/mol. The molecule has 0 fully saturated rings. The summed E-state index contributed by atoms with van der Waals surface area (Å²) in [6.45, 7) is 4.15. The van der Waals surface area contributed by atoms with Crippen molar-refractivity contribution < 1.29 is 4.74 Å². The Balaban J connectivity index is 2.32. The molecule has 0 amide bonds. The quantitative estimate of drug-likeness (QED) is 0.627. The van der Waals surface area contributed by atoms with Gasteiger partial charge in [0.2, 0.25) is 5.16 Å². The van der Waals surface area contributed by atoms with E-state index in [4.69, 9.17) is 4.74 Å². The monoisotopic (exact) mass is 290 g/mol. The summed E-state index contributed by atoms with van der Waals surface area (Å²) in [6, 6.07) is 7.75. The number of ether oxygens (including phenoxy) is 1. The second-order valence-electron chi connectivity index (χ2n) is 4.53. The van der Waals surface area contributed by atoms with Crippen LogP contribution in [0.4, 0.5) is 0 Å². The van der Waals surface area contributed by atoms with E-state index in [9.17, 15) is 0 Å². The standard InChI is InChI=1S/C14H18N4OS/c1-10(2)13-16-17-14(20-4)18(13)15-9-11-6-5-7-12(8-11)19-3/h5-10H,1-4H3/b15-9-. The summed E-state index contributed by atoms with van der Waals surface area (Å²) < 4.78 is 6.99. The average Bonchev–Trinajstić information content (AvgIpc) is 2.88. The number of rotatable bonds is 5. The molecule has 0 aliphatic heterocycles. The highest BCUT2D eigenvalue weighted by atomic mass is 32.2. The minimum Gasteiger partial charge on any atom is -0.497 e. The van der Waals surface area contributed by atoms with Gasteiger partial charge in [0.1, 0.15) is 5.75 Å². The Morgan fingerprint density at radius 2 is 2.15 bits per heavy atom. The van der Waals surface area contributed by atoms with E-state index in [0.29, 0.717) is 0 Å². The van der Waals surface area contributed by atoms with Gasteiger partial charge < -0.3 is 4.74 Å². The lowest BCUT2D eigenvalue weighted by Gasteiger charge is -2.05. The molecule has 20 heavy (non-hydrogen) atoms. The molecule has 2 aromatic rings. The van der Waals surface area contributed by atoms with Crippen molar-refractivity contribution in [2.24, 2.45) is 5.10 Å². The Bertz CT molecular complexity index is 607. The minimum atomic E-state index is 0.269. The second-order valence-corrected chi connectivity index (χ2v) is 5.31. The van der Waals surface area contributed by atoms with Crippen molar-refractivity contribution in [1.82, 2.24) is 14.9 Å². The van der Waals surface area contributed by atoms with E-state index in [0.717, 1.165) is 22.3 Å². The number of methoxy groups -OCH3 is 1. The van der Waals surface area contributed by atoms with Crippen LogP contribution in [0.3, 0.4) is 0 Å². The van der Waals surface area contributed by atoms with Gasteiger partial charge in [0, 0.05) is 5.92 Å². The van der Waals surface area contributed by atoms with Gasteiger partial charge in [0.15, 0.2) is 5.82 Å². The first-order valence-corrected chi connectivity index (χ1v) is 7.56. The zero-order valence-electron chi connectivity index (χ0n) is 12.1. The Kier molecular flexibility index (Phi) is 4.79. The normalized spacial score (nSPS) is 11.4. The molecule has 0 atom stereocenters. The number of aromatic nitrogens is 3. The molecule has 0 bridgehead atoms. The molecule has 0 N–H and O–H groups in total. The van der Waals surface area contributed by atoms with Gasteiger partial charge in [-0.05, 0) is 24.0 Å². The molecule has 6 heteroatoms. The summed E-state index contributed by atoms with van der Waals surface area (Å²) in [5, 5.41) is 13.6. The highest BCUT2D eigenvalue weighted by molar-refractivity contribution is 7.98. The van der Waals surface area contributed by atoms with Crippen LogP contribution in [-0.4, -0.2) is 34.5 Å². The van der Waals surface area contributed by atoms with Crippen LogP contribution in [0, 0.1) is 0 Å². The van der Waals surface area contributed by atoms with E-state index >= 15 is 0 Å². The Hall–Kier alpha value is -1.82. The van der Waals surface area contributed by atoms with E-state index in [2.05, 4.69) is 29.1 Å². The zero-order valence-corrected chi connectivity index (χ0v) is 12.9. The van der Waals surface area contributed by atoms with Gasteiger partial charge in [-0.3, -0.25) is 0 Å².